The van der Waals surface area contributed by atoms with Crippen LogP contribution in [0.2, 0.25) is 5.02 Å². The van der Waals surface area contributed by atoms with Gasteiger partial charge in [-0.05, 0) is 66.1 Å². The molecule has 1 N–H and O–H groups in total. The molecule has 9 heteroatoms. The van der Waals surface area contributed by atoms with Gasteiger partial charge in [0.05, 0.1) is 22.5 Å². The molecule has 2 aromatic carbocycles. The van der Waals surface area contributed by atoms with Gasteiger partial charge in [-0.1, -0.05) is 51.0 Å². The van der Waals surface area contributed by atoms with Crippen LogP contribution in [-0.2, 0) is 9.59 Å². The fourth-order valence-electron chi connectivity index (χ4n) is 6.90. The molecule has 6 unspecified atom stereocenters. The Labute approximate surface area is 217 Å². The number of thiazole rings is 1. The van der Waals surface area contributed by atoms with Crippen LogP contribution >= 0.6 is 50.6 Å². The lowest BCUT2D eigenvalue weighted by molar-refractivity contribution is -0.123. The molecule has 7 atom stereocenters. The zero-order chi connectivity index (χ0) is 23.3. The van der Waals surface area contributed by atoms with E-state index in [-0.39, 0.29) is 57.4 Å². The van der Waals surface area contributed by atoms with Crippen molar-refractivity contribution in [3.63, 3.8) is 0 Å². The summed E-state index contributed by atoms with van der Waals surface area (Å²) in [6.45, 7) is 0. The highest BCUT2D eigenvalue weighted by Gasteiger charge is 2.69. The number of thioether (sulfide) groups is 1. The van der Waals surface area contributed by atoms with Crippen LogP contribution in [0.25, 0.3) is 0 Å². The minimum Gasteiger partial charge on any atom is -0.307 e. The molecule has 3 heterocycles. The first-order chi connectivity index (χ1) is 16.4. The lowest BCUT2D eigenvalue weighted by atomic mass is 9.68. The van der Waals surface area contributed by atoms with E-state index in [0.717, 1.165) is 26.4 Å². The molecular weight excluding hydrogens is 556 g/mol. The topological polar surface area (TPSA) is 70.2 Å². The van der Waals surface area contributed by atoms with E-state index in [9.17, 15) is 14.4 Å². The number of nitrogens with one attached hydrogen (secondary N) is 1. The Morgan fingerprint density at radius 1 is 0.941 bits per heavy atom. The summed E-state index contributed by atoms with van der Waals surface area (Å²) < 4.78 is 0.906. The maximum absolute atomic E-state index is 13.7. The van der Waals surface area contributed by atoms with Gasteiger partial charge < -0.3 is 4.98 Å². The van der Waals surface area contributed by atoms with Crippen LogP contribution in [-0.4, -0.2) is 22.0 Å². The van der Waals surface area contributed by atoms with Gasteiger partial charge in [-0.25, -0.2) is 0 Å². The molecule has 3 fully saturated rings. The summed E-state index contributed by atoms with van der Waals surface area (Å²) in [6, 6.07) is 15.2. The lowest BCUT2D eigenvalue weighted by Crippen LogP contribution is -2.42. The third-order valence-corrected chi connectivity index (χ3v) is 11.4. The minimum atomic E-state index is -0.296. The van der Waals surface area contributed by atoms with Crippen molar-refractivity contribution < 1.29 is 9.59 Å². The Morgan fingerprint density at radius 2 is 1.62 bits per heavy atom. The monoisotopic (exact) mass is 572 g/mol. The van der Waals surface area contributed by atoms with E-state index in [4.69, 9.17) is 11.6 Å². The number of amides is 2. The number of halogens is 2. The van der Waals surface area contributed by atoms with Gasteiger partial charge in [0, 0.05) is 25.5 Å². The Bertz CT molecular complexity index is 1400. The summed E-state index contributed by atoms with van der Waals surface area (Å²) in [7, 11) is 0. The van der Waals surface area contributed by atoms with Crippen molar-refractivity contribution in [1.82, 2.24) is 4.98 Å². The maximum Gasteiger partial charge on any atom is 0.305 e. The summed E-state index contributed by atoms with van der Waals surface area (Å²) >= 11 is 12.6. The number of aromatic amines is 1. The number of rotatable bonds is 2. The van der Waals surface area contributed by atoms with Crippen molar-refractivity contribution >= 4 is 68.1 Å². The molecule has 3 aromatic rings. The maximum atomic E-state index is 13.7. The normalized spacial score (nSPS) is 33.2. The van der Waals surface area contributed by atoms with Crippen LogP contribution < -0.4 is 9.77 Å². The first kappa shape index (κ1) is 21.4. The number of fused-ring (bicyclic) bond motifs is 9. The Kier molecular flexibility index (Phi) is 4.76. The third kappa shape index (κ3) is 2.89. The SMILES string of the molecule is O=C1C2C3CC(C2C(=O)N1c1ccc(Br)cc1)C1C3Sc2[nH]c(=O)sc2[C@@H]1c1ccc(Cl)cc1. The molecule has 34 heavy (non-hydrogen) atoms. The molecule has 0 spiro atoms. The summed E-state index contributed by atoms with van der Waals surface area (Å²) in [4.78, 5) is 45.1. The van der Waals surface area contributed by atoms with E-state index >= 15 is 0 Å². The number of carbonyl (C=O) groups is 2. The van der Waals surface area contributed by atoms with Gasteiger partial charge in [0.1, 0.15) is 0 Å². The molecule has 1 saturated heterocycles. The zero-order valence-electron chi connectivity index (χ0n) is 17.6. The van der Waals surface area contributed by atoms with Crippen molar-refractivity contribution in [2.24, 2.45) is 29.6 Å². The molecule has 2 bridgehead atoms. The fraction of sp³-hybridized carbons (Fsp3) is 0.320. The number of anilines is 1. The highest BCUT2D eigenvalue weighted by atomic mass is 79.9. The van der Waals surface area contributed by atoms with Gasteiger partial charge in [0.15, 0.2) is 0 Å². The van der Waals surface area contributed by atoms with E-state index in [1.54, 1.807) is 11.8 Å². The molecular formula is C25H18BrClN2O3S2. The molecule has 2 aliphatic carbocycles. The van der Waals surface area contributed by atoms with Crippen LogP contribution in [0.15, 0.2) is 62.8 Å². The van der Waals surface area contributed by atoms with Gasteiger partial charge in [-0.15, -0.1) is 11.8 Å². The third-order valence-electron chi connectivity index (χ3n) is 8.04. The number of imide groups is 1. The number of aromatic nitrogens is 1. The Balaban J connectivity index is 1.32. The highest BCUT2D eigenvalue weighted by Crippen LogP contribution is 2.68. The zero-order valence-corrected chi connectivity index (χ0v) is 21.6. The van der Waals surface area contributed by atoms with Crippen molar-refractivity contribution in [1.29, 1.82) is 0 Å². The summed E-state index contributed by atoms with van der Waals surface area (Å²) in [6.07, 6.45) is 0.882. The summed E-state index contributed by atoms with van der Waals surface area (Å²) in [5.74, 6) is -0.292. The molecule has 2 aliphatic heterocycles. The smallest absolute Gasteiger partial charge is 0.305 e. The number of hydrogen-bond donors (Lipinski definition) is 1. The predicted octanol–water partition coefficient (Wildman–Crippen LogP) is 5.53. The molecule has 5 nitrogen and oxygen atoms in total. The van der Waals surface area contributed by atoms with E-state index in [1.807, 2.05) is 48.5 Å². The van der Waals surface area contributed by atoms with Crippen LogP contribution in [0.3, 0.4) is 0 Å². The van der Waals surface area contributed by atoms with Crippen molar-refractivity contribution in [3.8, 4) is 0 Å². The molecule has 0 radical (unpaired) electrons. The lowest BCUT2D eigenvalue weighted by Gasteiger charge is -2.43. The number of H-pyrrole nitrogens is 1. The summed E-state index contributed by atoms with van der Waals surface area (Å²) in [5.41, 5.74) is 1.75. The van der Waals surface area contributed by atoms with Gasteiger partial charge >= 0.3 is 4.87 Å². The molecule has 7 rings (SSSR count). The van der Waals surface area contributed by atoms with Crippen LogP contribution in [0.1, 0.15) is 22.8 Å². The second-order valence-corrected chi connectivity index (χ2v) is 13.1. The highest BCUT2D eigenvalue weighted by molar-refractivity contribution is 9.10. The molecule has 2 amide bonds. The largest absolute Gasteiger partial charge is 0.307 e. The van der Waals surface area contributed by atoms with E-state index < -0.39 is 0 Å². The second-order valence-electron chi connectivity index (χ2n) is 9.50. The number of hydrogen-bond acceptors (Lipinski definition) is 5. The van der Waals surface area contributed by atoms with Crippen LogP contribution in [0, 0.1) is 29.6 Å². The fourth-order valence-corrected chi connectivity index (χ4v) is 10.2. The van der Waals surface area contributed by atoms with Crippen molar-refractivity contribution in [2.45, 2.75) is 22.6 Å². The Hall–Kier alpha value is -1.87. The van der Waals surface area contributed by atoms with Gasteiger partial charge in [-0.3, -0.25) is 19.3 Å². The first-order valence-corrected chi connectivity index (χ1v) is 14.1. The quantitative estimate of drug-likeness (QED) is 0.409. The van der Waals surface area contributed by atoms with Gasteiger partial charge in [-0.2, -0.15) is 0 Å². The number of carbonyl (C=O) groups excluding carboxylic acids is 2. The van der Waals surface area contributed by atoms with Gasteiger partial charge in [0.25, 0.3) is 0 Å². The first-order valence-electron chi connectivity index (χ1n) is 11.2. The second kappa shape index (κ2) is 7.56. The van der Waals surface area contributed by atoms with Crippen molar-refractivity contribution in [3.05, 3.63) is 78.1 Å². The molecule has 4 aliphatic rings. The average molecular weight is 574 g/mol. The standard InChI is InChI=1S/C25H18BrClN2O3S2/c26-11-3-7-13(8-4-11)29-23(30)18-14-9-15(19(18)24(29)31)20-17(14)16(10-1-5-12(27)6-2-10)21-22(33-20)28-25(32)34-21/h1-8,14-20H,9H2,(H,28,32)/t14?,15?,16-,17?,18?,19?,20?/m1/s1. The minimum absolute atomic E-state index is 0.0167. The Morgan fingerprint density at radius 3 is 2.32 bits per heavy atom. The van der Waals surface area contributed by atoms with Gasteiger partial charge in [0.2, 0.25) is 11.8 Å². The number of benzene rings is 2. The predicted molar refractivity (Wildman–Crippen MR) is 137 cm³/mol. The van der Waals surface area contributed by atoms with E-state index in [2.05, 4.69) is 20.9 Å². The van der Waals surface area contributed by atoms with Crippen molar-refractivity contribution in [2.75, 3.05) is 4.90 Å². The summed E-state index contributed by atoms with van der Waals surface area (Å²) in [5, 5.41) is 1.77. The van der Waals surface area contributed by atoms with E-state index in [0.29, 0.717) is 10.7 Å². The molecule has 2 saturated carbocycles. The average Bonchev–Trinajstić information content (AvgIpc) is 3.54. The van der Waals surface area contributed by atoms with Crippen LogP contribution in [0.4, 0.5) is 5.69 Å². The molecule has 172 valence electrons. The number of nitrogens with zero attached hydrogens (tertiary/aromatic N) is 1. The molecule has 1 aromatic heterocycles. The van der Waals surface area contributed by atoms with Crippen LogP contribution in [0.5, 0.6) is 0 Å². The van der Waals surface area contributed by atoms with E-state index in [1.165, 1.54) is 16.2 Å².